The zero-order valence-corrected chi connectivity index (χ0v) is 13.5. The first kappa shape index (κ1) is 17.0. The summed E-state index contributed by atoms with van der Waals surface area (Å²) in [4.78, 5) is 0. The van der Waals surface area contributed by atoms with Gasteiger partial charge in [-0.15, -0.1) is 0 Å². The fourth-order valence-corrected chi connectivity index (χ4v) is 3.81. The highest BCUT2D eigenvalue weighted by Gasteiger charge is 2.36. The number of ether oxygens (including phenoxy) is 2. The van der Waals surface area contributed by atoms with Gasteiger partial charge in [-0.1, -0.05) is 0 Å². The smallest absolute Gasteiger partial charge is 0.164 e. The molecule has 0 radical (unpaired) electrons. The number of hydrogen-bond acceptors (Lipinski definition) is 5. The Morgan fingerprint density at radius 2 is 1.91 bits per heavy atom. The van der Waals surface area contributed by atoms with Crippen LogP contribution >= 0.6 is 0 Å². The molecule has 2 rings (SSSR count). The number of aliphatic hydroxyl groups is 1. The van der Waals surface area contributed by atoms with E-state index in [4.69, 9.17) is 9.47 Å². The molecule has 1 aliphatic rings. The Bertz CT molecular complexity index is 613. The molecule has 7 heteroatoms. The van der Waals surface area contributed by atoms with Crippen molar-refractivity contribution in [3.63, 3.8) is 0 Å². The van der Waals surface area contributed by atoms with Crippen molar-refractivity contribution in [2.24, 2.45) is 0 Å². The topological polar surface area (TPSA) is 72.8 Å². The van der Waals surface area contributed by atoms with E-state index in [-0.39, 0.29) is 42.8 Å². The maximum atomic E-state index is 13.3. The van der Waals surface area contributed by atoms with Gasteiger partial charge in [0, 0.05) is 6.07 Å². The van der Waals surface area contributed by atoms with Crippen molar-refractivity contribution in [2.75, 3.05) is 18.1 Å². The van der Waals surface area contributed by atoms with Gasteiger partial charge in [0.05, 0.1) is 17.6 Å². The van der Waals surface area contributed by atoms with Gasteiger partial charge in [0.1, 0.15) is 18.0 Å². The molecule has 1 aliphatic heterocycles. The van der Waals surface area contributed by atoms with Gasteiger partial charge in [0.25, 0.3) is 0 Å². The molecule has 1 aromatic carbocycles. The van der Waals surface area contributed by atoms with Crippen molar-refractivity contribution >= 4 is 9.84 Å². The van der Waals surface area contributed by atoms with Crippen LogP contribution in [0.15, 0.2) is 18.2 Å². The largest absolute Gasteiger partial charge is 0.487 e. The number of sulfone groups is 1. The van der Waals surface area contributed by atoms with Gasteiger partial charge in [-0.05, 0) is 38.8 Å². The normalized spacial score (nSPS) is 19.9. The zero-order chi connectivity index (χ0) is 16.4. The molecule has 124 valence electrons. The summed E-state index contributed by atoms with van der Waals surface area (Å²) in [6.45, 7) is 3.57. The van der Waals surface area contributed by atoms with Gasteiger partial charge >= 0.3 is 0 Å². The lowest BCUT2D eigenvalue weighted by molar-refractivity contribution is -0.0137. The lowest BCUT2D eigenvalue weighted by Gasteiger charge is -2.31. The van der Waals surface area contributed by atoms with Gasteiger partial charge in [0.2, 0.25) is 0 Å². The Morgan fingerprint density at radius 3 is 2.50 bits per heavy atom. The monoisotopic (exact) mass is 332 g/mol. The summed E-state index contributed by atoms with van der Waals surface area (Å²) in [5.74, 6) is 0.0570. The van der Waals surface area contributed by atoms with Crippen molar-refractivity contribution in [1.82, 2.24) is 0 Å². The summed E-state index contributed by atoms with van der Waals surface area (Å²) in [6.07, 6.45) is 0.125. The Labute approximate surface area is 130 Å². The van der Waals surface area contributed by atoms with Crippen LogP contribution in [0, 0.1) is 5.82 Å². The van der Waals surface area contributed by atoms with Crippen molar-refractivity contribution in [3.05, 3.63) is 24.0 Å². The molecule has 0 amide bonds. The molecule has 0 bridgehead atoms. The van der Waals surface area contributed by atoms with E-state index in [2.05, 4.69) is 0 Å². The Hall–Kier alpha value is -1.34. The van der Waals surface area contributed by atoms with Crippen molar-refractivity contribution < 1.29 is 27.4 Å². The fourth-order valence-electron chi connectivity index (χ4n) is 2.22. The molecule has 5 nitrogen and oxygen atoms in total. The minimum atomic E-state index is -3.06. The quantitative estimate of drug-likeness (QED) is 0.892. The summed E-state index contributed by atoms with van der Waals surface area (Å²) in [7, 11) is -3.06. The molecule has 0 aromatic heterocycles. The minimum Gasteiger partial charge on any atom is -0.487 e. The van der Waals surface area contributed by atoms with Crippen LogP contribution in [-0.4, -0.2) is 43.3 Å². The maximum absolute atomic E-state index is 13.3. The Kier molecular flexibility index (Phi) is 4.97. The molecule has 1 N–H and O–H groups in total. The first-order chi connectivity index (χ1) is 10.2. The molecule has 1 saturated heterocycles. The molecule has 1 fully saturated rings. The van der Waals surface area contributed by atoms with E-state index in [1.54, 1.807) is 0 Å². The molecule has 0 aliphatic carbocycles. The average Bonchev–Trinajstić information content (AvgIpc) is 2.41. The highest BCUT2D eigenvalue weighted by molar-refractivity contribution is 7.91. The SMILES string of the molecule is CC(C)Oc1cc(F)ccc1OCC1(O)CCS(=O)(=O)CC1. The van der Waals surface area contributed by atoms with Gasteiger partial charge in [-0.3, -0.25) is 0 Å². The van der Waals surface area contributed by atoms with Crippen LogP contribution < -0.4 is 9.47 Å². The summed E-state index contributed by atoms with van der Waals surface area (Å²) in [5, 5.41) is 10.4. The number of benzene rings is 1. The van der Waals surface area contributed by atoms with Crippen LogP contribution in [0.5, 0.6) is 11.5 Å². The standard InChI is InChI=1S/C15H21FO5S/c1-11(2)21-14-9-12(16)3-4-13(14)20-10-15(17)5-7-22(18,19)8-6-15/h3-4,9,11,17H,5-8,10H2,1-2H3. The van der Waals surface area contributed by atoms with Crippen molar-refractivity contribution in [1.29, 1.82) is 0 Å². The van der Waals surface area contributed by atoms with Crippen molar-refractivity contribution in [3.8, 4) is 11.5 Å². The summed E-state index contributed by atoms with van der Waals surface area (Å²) < 4.78 is 47.2. The number of hydrogen-bond donors (Lipinski definition) is 1. The van der Waals surface area contributed by atoms with E-state index in [1.165, 1.54) is 18.2 Å². The van der Waals surface area contributed by atoms with Gasteiger partial charge < -0.3 is 14.6 Å². The molecule has 0 atom stereocenters. The molecular weight excluding hydrogens is 311 g/mol. The highest BCUT2D eigenvalue weighted by Crippen LogP contribution is 2.31. The van der Waals surface area contributed by atoms with E-state index >= 15 is 0 Å². The second-order valence-corrected chi connectivity index (χ2v) is 8.23. The Balaban J connectivity index is 2.05. The van der Waals surface area contributed by atoms with Gasteiger partial charge in [-0.2, -0.15) is 0 Å². The average molecular weight is 332 g/mol. The third-order valence-corrected chi connectivity index (χ3v) is 5.17. The molecule has 0 spiro atoms. The second-order valence-electron chi connectivity index (χ2n) is 5.92. The van der Waals surface area contributed by atoms with E-state index in [0.717, 1.165) is 0 Å². The highest BCUT2D eigenvalue weighted by atomic mass is 32.2. The first-order valence-corrected chi connectivity index (χ1v) is 9.03. The van der Waals surface area contributed by atoms with Crippen LogP contribution in [0.4, 0.5) is 4.39 Å². The minimum absolute atomic E-state index is 0.0500. The predicted molar refractivity (Wildman–Crippen MR) is 80.5 cm³/mol. The van der Waals surface area contributed by atoms with E-state index < -0.39 is 21.3 Å². The van der Waals surface area contributed by atoms with Crippen LogP contribution in [0.2, 0.25) is 0 Å². The second kappa shape index (κ2) is 6.42. The first-order valence-electron chi connectivity index (χ1n) is 7.21. The number of rotatable bonds is 5. The summed E-state index contributed by atoms with van der Waals surface area (Å²) in [5.41, 5.74) is -1.19. The van der Waals surface area contributed by atoms with Crippen LogP contribution in [0.1, 0.15) is 26.7 Å². The van der Waals surface area contributed by atoms with E-state index in [0.29, 0.717) is 5.75 Å². The van der Waals surface area contributed by atoms with Gasteiger partial charge in [0.15, 0.2) is 21.3 Å². The lowest BCUT2D eigenvalue weighted by atomic mass is 9.98. The van der Waals surface area contributed by atoms with E-state index in [1.807, 2.05) is 13.8 Å². The van der Waals surface area contributed by atoms with Crippen molar-refractivity contribution in [2.45, 2.75) is 38.4 Å². The van der Waals surface area contributed by atoms with Crippen LogP contribution in [0.25, 0.3) is 0 Å². The van der Waals surface area contributed by atoms with Gasteiger partial charge in [-0.25, -0.2) is 12.8 Å². The van der Waals surface area contributed by atoms with Crippen LogP contribution in [-0.2, 0) is 9.84 Å². The lowest BCUT2D eigenvalue weighted by Crippen LogP contribution is -2.43. The summed E-state index contributed by atoms with van der Waals surface area (Å²) >= 11 is 0. The number of halogens is 1. The molecule has 1 aromatic rings. The summed E-state index contributed by atoms with van der Waals surface area (Å²) in [6, 6.07) is 3.92. The Morgan fingerprint density at radius 1 is 1.27 bits per heavy atom. The van der Waals surface area contributed by atoms with E-state index in [9.17, 15) is 17.9 Å². The molecule has 0 unspecified atom stereocenters. The zero-order valence-electron chi connectivity index (χ0n) is 12.7. The third-order valence-electron chi connectivity index (χ3n) is 3.52. The molecular formula is C15H21FO5S. The van der Waals surface area contributed by atoms with Crippen LogP contribution in [0.3, 0.4) is 0 Å². The molecule has 1 heterocycles. The third kappa shape index (κ3) is 4.58. The fraction of sp³-hybridized carbons (Fsp3) is 0.600. The molecule has 0 saturated carbocycles. The maximum Gasteiger partial charge on any atom is 0.164 e. The molecule has 22 heavy (non-hydrogen) atoms. The predicted octanol–water partition coefficient (Wildman–Crippen LogP) is 1.93.